The van der Waals surface area contributed by atoms with Crippen molar-refractivity contribution in [3.63, 3.8) is 0 Å². The molecule has 0 saturated carbocycles. The number of benzene rings is 2. The molecule has 0 bridgehead atoms. The highest BCUT2D eigenvalue weighted by Gasteiger charge is 2.37. The molecule has 1 aromatic heterocycles. The van der Waals surface area contributed by atoms with Gasteiger partial charge in [-0.25, -0.2) is 13.2 Å². The van der Waals surface area contributed by atoms with Crippen molar-refractivity contribution >= 4 is 26.8 Å². The summed E-state index contributed by atoms with van der Waals surface area (Å²) in [5, 5.41) is 12.2. The van der Waals surface area contributed by atoms with E-state index in [9.17, 15) is 23.3 Å². The first-order chi connectivity index (χ1) is 16.1. The van der Waals surface area contributed by atoms with E-state index in [0.29, 0.717) is 30.4 Å². The molecule has 2 heterocycles. The van der Waals surface area contributed by atoms with Crippen LogP contribution in [0.2, 0.25) is 0 Å². The Morgan fingerprint density at radius 2 is 1.97 bits per heavy atom. The van der Waals surface area contributed by atoms with Crippen molar-refractivity contribution in [1.29, 1.82) is 5.26 Å². The van der Waals surface area contributed by atoms with Gasteiger partial charge in [-0.05, 0) is 41.7 Å². The van der Waals surface area contributed by atoms with E-state index in [1.54, 1.807) is 13.1 Å². The number of carbonyl (C=O) groups excluding carboxylic acids is 1. The van der Waals surface area contributed by atoms with E-state index >= 15 is 0 Å². The summed E-state index contributed by atoms with van der Waals surface area (Å²) >= 11 is 0. The molecule has 1 aliphatic rings. The predicted molar refractivity (Wildman–Crippen MR) is 128 cm³/mol. The highest BCUT2D eigenvalue weighted by Crippen LogP contribution is 2.25. The fraction of sp³-hybridized carbons (Fsp3) is 0.375. The van der Waals surface area contributed by atoms with Gasteiger partial charge in [-0.1, -0.05) is 30.3 Å². The van der Waals surface area contributed by atoms with Crippen molar-refractivity contribution in [2.24, 2.45) is 12.8 Å². The Hall–Kier alpha value is -3.42. The largest absolute Gasteiger partial charge is 0.419 e. The molecule has 4 rings (SSSR count). The van der Waals surface area contributed by atoms with Crippen LogP contribution in [0.1, 0.15) is 24.8 Å². The number of hydrogen-bond acceptors (Lipinski definition) is 7. The van der Waals surface area contributed by atoms with E-state index in [0.717, 1.165) is 16.7 Å². The number of hydrogen-bond donors (Lipinski definition) is 2. The molecule has 10 heteroatoms. The summed E-state index contributed by atoms with van der Waals surface area (Å²) in [5.74, 6) is -0.969. The maximum absolute atomic E-state index is 12.5. The molecule has 1 aliphatic heterocycles. The lowest BCUT2D eigenvalue weighted by molar-refractivity contribution is -0.122. The second-order valence-electron chi connectivity index (χ2n) is 8.99. The average Bonchev–Trinajstić information content (AvgIpc) is 3.05. The summed E-state index contributed by atoms with van der Waals surface area (Å²) in [6.07, 6.45) is 1.05. The van der Waals surface area contributed by atoms with Crippen LogP contribution in [0.3, 0.4) is 0 Å². The lowest BCUT2D eigenvalue weighted by Crippen LogP contribution is -2.53. The van der Waals surface area contributed by atoms with Crippen LogP contribution in [0, 0.1) is 11.3 Å². The number of carbonyl (C=O) groups is 1. The molecule has 1 fully saturated rings. The van der Waals surface area contributed by atoms with Crippen LogP contribution in [0.5, 0.6) is 0 Å². The SMILES string of the molecule is Cn1c(=O)oc2ccc(-c3ccc(C[C@@H](C#N)NC(=O)CC4(N)CCCS(=O)(=O)C4)cc3)cc21. The minimum atomic E-state index is -3.25. The monoisotopic (exact) mass is 482 g/mol. The second-order valence-corrected chi connectivity index (χ2v) is 11.2. The molecule has 2 atom stereocenters. The predicted octanol–water partition coefficient (Wildman–Crippen LogP) is 1.65. The molecule has 0 aliphatic carbocycles. The Labute approximate surface area is 197 Å². The fourth-order valence-electron chi connectivity index (χ4n) is 4.44. The van der Waals surface area contributed by atoms with Gasteiger partial charge in [0.15, 0.2) is 15.4 Å². The van der Waals surface area contributed by atoms with Gasteiger partial charge in [-0.3, -0.25) is 9.36 Å². The molecule has 34 heavy (non-hydrogen) atoms. The number of nitrogens with zero attached hydrogens (tertiary/aromatic N) is 2. The molecular formula is C24H26N4O5S. The molecule has 0 spiro atoms. The summed E-state index contributed by atoms with van der Waals surface area (Å²) in [4.78, 5) is 24.2. The Morgan fingerprint density at radius 1 is 1.26 bits per heavy atom. The van der Waals surface area contributed by atoms with Gasteiger partial charge in [-0.2, -0.15) is 5.26 Å². The van der Waals surface area contributed by atoms with E-state index in [-0.39, 0.29) is 17.9 Å². The number of nitrogens with two attached hydrogens (primary N) is 1. The number of sulfone groups is 1. The number of aromatic nitrogens is 1. The molecule has 3 N–H and O–H groups in total. The van der Waals surface area contributed by atoms with Gasteiger partial charge in [0, 0.05) is 25.4 Å². The van der Waals surface area contributed by atoms with Crippen molar-refractivity contribution in [2.75, 3.05) is 11.5 Å². The molecule has 0 radical (unpaired) electrons. The summed E-state index contributed by atoms with van der Waals surface area (Å²) in [5.41, 5.74) is 9.00. The van der Waals surface area contributed by atoms with Gasteiger partial charge in [-0.15, -0.1) is 0 Å². The Bertz CT molecular complexity index is 1430. The Morgan fingerprint density at radius 3 is 2.65 bits per heavy atom. The van der Waals surface area contributed by atoms with Gasteiger partial charge in [0.25, 0.3) is 0 Å². The number of amides is 1. The topological polar surface area (TPSA) is 148 Å². The van der Waals surface area contributed by atoms with E-state index in [1.807, 2.05) is 36.4 Å². The standard InChI is InChI=1S/C24H26N4O5S/c1-28-20-12-18(7-8-21(20)33-23(28)30)17-5-3-16(4-6-17)11-19(14-25)27-22(29)13-24(26)9-2-10-34(31,32)15-24/h3-8,12,19H,2,9-11,13,15,26H2,1H3,(H,27,29)/t19-,24?/m0/s1. The molecule has 1 saturated heterocycles. The fourth-order valence-corrected chi connectivity index (χ4v) is 6.29. The maximum Gasteiger partial charge on any atom is 0.419 e. The number of nitrogens with one attached hydrogen (secondary N) is 1. The smallest absolute Gasteiger partial charge is 0.408 e. The van der Waals surface area contributed by atoms with Crippen LogP contribution >= 0.6 is 0 Å². The molecule has 1 amide bonds. The van der Waals surface area contributed by atoms with E-state index in [2.05, 4.69) is 11.4 Å². The lowest BCUT2D eigenvalue weighted by atomic mass is 9.92. The first-order valence-electron chi connectivity index (χ1n) is 10.9. The summed E-state index contributed by atoms with van der Waals surface area (Å²) < 4.78 is 30.4. The van der Waals surface area contributed by atoms with Crippen LogP contribution < -0.4 is 16.8 Å². The van der Waals surface area contributed by atoms with Gasteiger partial charge in [0.2, 0.25) is 5.91 Å². The second kappa shape index (κ2) is 9.08. The van der Waals surface area contributed by atoms with E-state index in [1.165, 1.54) is 4.57 Å². The zero-order chi connectivity index (χ0) is 24.5. The number of nitriles is 1. The van der Waals surface area contributed by atoms with Crippen LogP contribution in [-0.4, -0.2) is 42.0 Å². The molecular weight excluding hydrogens is 456 g/mol. The van der Waals surface area contributed by atoms with Crippen molar-refractivity contribution in [2.45, 2.75) is 37.3 Å². The summed E-state index contributed by atoms with van der Waals surface area (Å²) in [6.45, 7) is 0. The van der Waals surface area contributed by atoms with Gasteiger partial charge < -0.3 is 15.5 Å². The van der Waals surface area contributed by atoms with Crippen LogP contribution in [0.15, 0.2) is 51.7 Å². The van der Waals surface area contributed by atoms with Gasteiger partial charge in [0.1, 0.15) is 6.04 Å². The van der Waals surface area contributed by atoms with Crippen molar-refractivity contribution in [3.05, 3.63) is 58.6 Å². The molecule has 2 aromatic carbocycles. The third-order valence-corrected chi connectivity index (χ3v) is 8.08. The Kier molecular flexibility index (Phi) is 6.34. The summed E-state index contributed by atoms with van der Waals surface area (Å²) in [6, 6.07) is 14.4. The van der Waals surface area contributed by atoms with Crippen molar-refractivity contribution in [3.8, 4) is 17.2 Å². The number of rotatable bonds is 6. The van der Waals surface area contributed by atoms with Gasteiger partial charge in [0.05, 0.1) is 23.1 Å². The number of fused-ring (bicyclic) bond motifs is 1. The maximum atomic E-state index is 12.5. The third kappa shape index (κ3) is 5.21. The van der Waals surface area contributed by atoms with Gasteiger partial charge >= 0.3 is 5.76 Å². The minimum absolute atomic E-state index is 0.0957. The highest BCUT2D eigenvalue weighted by molar-refractivity contribution is 7.91. The first kappa shape index (κ1) is 23.7. The molecule has 3 aromatic rings. The highest BCUT2D eigenvalue weighted by atomic mass is 32.2. The molecule has 178 valence electrons. The zero-order valence-electron chi connectivity index (χ0n) is 18.8. The zero-order valence-corrected chi connectivity index (χ0v) is 19.6. The third-order valence-electron chi connectivity index (χ3n) is 6.16. The molecule has 9 nitrogen and oxygen atoms in total. The normalized spacial score (nSPS) is 20.5. The summed E-state index contributed by atoms with van der Waals surface area (Å²) in [7, 11) is -1.60. The van der Waals surface area contributed by atoms with E-state index in [4.69, 9.17) is 10.2 Å². The average molecular weight is 483 g/mol. The lowest BCUT2D eigenvalue weighted by Gasteiger charge is -2.32. The molecule has 1 unspecified atom stereocenters. The first-order valence-corrected chi connectivity index (χ1v) is 12.8. The Balaban J connectivity index is 1.41. The van der Waals surface area contributed by atoms with Crippen LogP contribution in [0.25, 0.3) is 22.2 Å². The van der Waals surface area contributed by atoms with Crippen molar-refractivity contribution < 1.29 is 17.6 Å². The number of oxazole rings is 1. The minimum Gasteiger partial charge on any atom is -0.408 e. The van der Waals surface area contributed by atoms with Crippen LogP contribution in [-0.2, 0) is 28.1 Å². The quantitative estimate of drug-likeness (QED) is 0.542. The van der Waals surface area contributed by atoms with Crippen LogP contribution in [0.4, 0.5) is 0 Å². The number of aryl methyl sites for hydroxylation is 1. The van der Waals surface area contributed by atoms with Crippen molar-refractivity contribution in [1.82, 2.24) is 9.88 Å². The van der Waals surface area contributed by atoms with E-state index < -0.39 is 33.1 Å².